The molecule has 0 aromatic heterocycles. The quantitative estimate of drug-likeness (QED) is 0.770. The second-order valence-corrected chi connectivity index (χ2v) is 6.11. The minimum Gasteiger partial charge on any atom is -0.494 e. The van der Waals surface area contributed by atoms with E-state index >= 15 is 0 Å². The molecular weight excluding hydrogens is 265 g/mol. The number of hydrogen-bond acceptors (Lipinski definition) is 2. The zero-order chi connectivity index (χ0) is 15.1. The highest BCUT2D eigenvalue weighted by Gasteiger charge is 2.24. The van der Waals surface area contributed by atoms with Gasteiger partial charge >= 0.3 is 0 Å². The van der Waals surface area contributed by atoms with Gasteiger partial charge in [0.1, 0.15) is 0 Å². The van der Waals surface area contributed by atoms with Gasteiger partial charge in [-0.1, -0.05) is 25.8 Å². The third-order valence-corrected chi connectivity index (χ3v) is 4.59. The van der Waals surface area contributed by atoms with Crippen LogP contribution in [0.2, 0.25) is 0 Å². The van der Waals surface area contributed by atoms with Gasteiger partial charge in [-0.15, -0.1) is 0 Å². The Morgan fingerprint density at radius 3 is 2.71 bits per heavy atom. The first-order valence-corrected chi connectivity index (χ1v) is 8.30. The van der Waals surface area contributed by atoms with E-state index in [1.807, 2.05) is 6.07 Å². The summed E-state index contributed by atoms with van der Waals surface area (Å²) in [4.78, 5) is 0. The maximum atomic E-state index is 13.7. The molecule has 1 aliphatic rings. The molecule has 1 saturated carbocycles. The Morgan fingerprint density at radius 1 is 1.33 bits per heavy atom. The highest BCUT2D eigenvalue weighted by atomic mass is 19.1. The average molecular weight is 293 g/mol. The Kier molecular flexibility index (Phi) is 6.50. The van der Waals surface area contributed by atoms with Gasteiger partial charge in [-0.3, -0.25) is 0 Å². The molecule has 0 spiro atoms. The Balaban J connectivity index is 1.92. The van der Waals surface area contributed by atoms with Gasteiger partial charge in [-0.25, -0.2) is 4.39 Å². The van der Waals surface area contributed by atoms with Crippen molar-refractivity contribution in [3.63, 3.8) is 0 Å². The Morgan fingerprint density at radius 2 is 2.10 bits per heavy atom. The lowest BCUT2D eigenvalue weighted by atomic mass is 9.92. The van der Waals surface area contributed by atoms with Crippen molar-refractivity contribution < 1.29 is 9.13 Å². The fourth-order valence-corrected chi connectivity index (χ4v) is 3.38. The molecular formula is C18H28FNO. The van der Waals surface area contributed by atoms with Crippen LogP contribution in [-0.4, -0.2) is 19.7 Å². The van der Waals surface area contributed by atoms with Gasteiger partial charge in [-0.05, 0) is 62.3 Å². The Labute approximate surface area is 128 Å². The van der Waals surface area contributed by atoms with Crippen molar-refractivity contribution in [1.29, 1.82) is 0 Å². The number of benzene rings is 1. The van der Waals surface area contributed by atoms with Crippen LogP contribution in [0.1, 0.15) is 51.0 Å². The summed E-state index contributed by atoms with van der Waals surface area (Å²) in [5, 5.41) is 3.70. The summed E-state index contributed by atoms with van der Waals surface area (Å²) < 4.78 is 18.7. The van der Waals surface area contributed by atoms with Crippen molar-refractivity contribution in [1.82, 2.24) is 5.32 Å². The van der Waals surface area contributed by atoms with Gasteiger partial charge in [0, 0.05) is 6.04 Å². The van der Waals surface area contributed by atoms with Gasteiger partial charge < -0.3 is 10.1 Å². The molecule has 0 heterocycles. The molecule has 2 rings (SSSR count). The molecule has 0 radical (unpaired) electrons. The third-order valence-electron chi connectivity index (χ3n) is 4.59. The fraction of sp³-hybridized carbons (Fsp3) is 0.667. The number of nitrogens with one attached hydrogen (secondary N) is 1. The van der Waals surface area contributed by atoms with Crippen LogP contribution in [-0.2, 0) is 6.42 Å². The summed E-state index contributed by atoms with van der Waals surface area (Å²) in [7, 11) is 1.50. The summed E-state index contributed by atoms with van der Waals surface area (Å²) in [5.41, 5.74) is 1.06. The number of methoxy groups -OCH3 is 1. The maximum absolute atomic E-state index is 13.7. The Bertz CT molecular complexity index is 429. The van der Waals surface area contributed by atoms with Gasteiger partial charge in [-0.2, -0.15) is 0 Å². The molecule has 2 nitrogen and oxygen atoms in total. The van der Waals surface area contributed by atoms with Crippen LogP contribution in [0.4, 0.5) is 4.39 Å². The standard InChI is InChI=1S/C18H28FNO/c1-3-12-20-17(15-6-4-5-7-15)10-8-14-9-11-18(21-2)16(19)13-14/h9,11,13,15,17,20H,3-8,10,12H2,1-2H3. The lowest BCUT2D eigenvalue weighted by Crippen LogP contribution is -2.36. The number of ether oxygens (including phenoxy) is 1. The molecule has 1 aromatic rings. The average Bonchev–Trinajstić information content (AvgIpc) is 3.01. The van der Waals surface area contributed by atoms with Crippen molar-refractivity contribution in [2.75, 3.05) is 13.7 Å². The van der Waals surface area contributed by atoms with Gasteiger partial charge in [0.2, 0.25) is 0 Å². The van der Waals surface area contributed by atoms with E-state index in [4.69, 9.17) is 4.74 Å². The van der Waals surface area contributed by atoms with E-state index in [0.717, 1.165) is 30.9 Å². The van der Waals surface area contributed by atoms with E-state index in [-0.39, 0.29) is 5.82 Å². The van der Waals surface area contributed by atoms with Crippen LogP contribution in [0, 0.1) is 11.7 Å². The van der Waals surface area contributed by atoms with E-state index in [1.165, 1.54) is 39.2 Å². The monoisotopic (exact) mass is 293 g/mol. The molecule has 1 aliphatic carbocycles. The van der Waals surface area contributed by atoms with Crippen LogP contribution in [0.5, 0.6) is 5.75 Å². The summed E-state index contributed by atoms with van der Waals surface area (Å²) in [5.74, 6) is 0.878. The van der Waals surface area contributed by atoms with Crippen molar-refractivity contribution >= 4 is 0 Å². The van der Waals surface area contributed by atoms with Crippen LogP contribution in [0.15, 0.2) is 18.2 Å². The van der Waals surface area contributed by atoms with E-state index < -0.39 is 0 Å². The fourth-order valence-electron chi connectivity index (χ4n) is 3.38. The zero-order valence-electron chi connectivity index (χ0n) is 13.3. The first kappa shape index (κ1) is 16.3. The van der Waals surface area contributed by atoms with Crippen molar-refractivity contribution in [2.45, 2.75) is 57.9 Å². The molecule has 1 unspecified atom stereocenters. The maximum Gasteiger partial charge on any atom is 0.165 e. The highest BCUT2D eigenvalue weighted by Crippen LogP contribution is 2.30. The summed E-state index contributed by atoms with van der Waals surface area (Å²) in [6, 6.07) is 5.91. The molecule has 0 amide bonds. The highest BCUT2D eigenvalue weighted by molar-refractivity contribution is 5.29. The van der Waals surface area contributed by atoms with E-state index in [9.17, 15) is 4.39 Å². The van der Waals surface area contributed by atoms with E-state index in [1.54, 1.807) is 12.1 Å². The minimum absolute atomic E-state index is 0.256. The predicted octanol–water partition coefficient (Wildman–Crippen LogP) is 4.33. The number of hydrogen-bond donors (Lipinski definition) is 1. The van der Waals surface area contributed by atoms with Crippen LogP contribution < -0.4 is 10.1 Å². The topological polar surface area (TPSA) is 21.3 Å². The normalized spacial score (nSPS) is 17.1. The molecule has 0 aliphatic heterocycles. The molecule has 0 bridgehead atoms. The Hall–Kier alpha value is -1.09. The summed E-state index contributed by atoms with van der Waals surface area (Å²) in [6.45, 7) is 3.29. The molecule has 1 N–H and O–H groups in total. The van der Waals surface area contributed by atoms with Crippen molar-refractivity contribution in [3.05, 3.63) is 29.6 Å². The van der Waals surface area contributed by atoms with Gasteiger partial charge in [0.15, 0.2) is 11.6 Å². The van der Waals surface area contributed by atoms with E-state index in [0.29, 0.717) is 11.8 Å². The van der Waals surface area contributed by atoms with Crippen LogP contribution in [0.3, 0.4) is 0 Å². The minimum atomic E-state index is -0.256. The lowest BCUT2D eigenvalue weighted by molar-refractivity contribution is 0.340. The third kappa shape index (κ3) is 4.70. The molecule has 21 heavy (non-hydrogen) atoms. The van der Waals surface area contributed by atoms with Crippen LogP contribution in [0.25, 0.3) is 0 Å². The second-order valence-electron chi connectivity index (χ2n) is 6.11. The molecule has 3 heteroatoms. The van der Waals surface area contributed by atoms with Crippen molar-refractivity contribution in [2.24, 2.45) is 5.92 Å². The number of aryl methyl sites for hydroxylation is 1. The second kappa shape index (κ2) is 8.38. The molecule has 1 fully saturated rings. The van der Waals surface area contributed by atoms with Gasteiger partial charge in [0.25, 0.3) is 0 Å². The first-order chi connectivity index (χ1) is 10.2. The molecule has 1 aromatic carbocycles. The smallest absolute Gasteiger partial charge is 0.165 e. The largest absolute Gasteiger partial charge is 0.494 e. The zero-order valence-corrected chi connectivity index (χ0v) is 13.3. The van der Waals surface area contributed by atoms with E-state index in [2.05, 4.69) is 12.2 Å². The molecule has 1 atom stereocenters. The molecule has 0 saturated heterocycles. The SMILES string of the molecule is CCCNC(CCc1ccc(OC)c(F)c1)C1CCCC1. The summed E-state index contributed by atoms with van der Waals surface area (Å²) in [6.07, 6.45) is 8.62. The lowest BCUT2D eigenvalue weighted by Gasteiger charge is -2.25. The van der Waals surface area contributed by atoms with Gasteiger partial charge in [0.05, 0.1) is 7.11 Å². The number of halogens is 1. The first-order valence-electron chi connectivity index (χ1n) is 8.30. The van der Waals surface area contributed by atoms with Crippen molar-refractivity contribution in [3.8, 4) is 5.75 Å². The van der Waals surface area contributed by atoms with Crippen LogP contribution >= 0.6 is 0 Å². The summed E-state index contributed by atoms with van der Waals surface area (Å²) >= 11 is 0. The predicted molar refractivity (Wildman–Crippen MR) is 85.3 cm³/mol. The molecule has 118 valence electrons. The number of rotatable bonds is 8.